The second-order valence-corrected chi connectivity index (χ2v) is 10.6. The van der Waals surface area contributed by atoms with E-state index in [9.17, 15) is 4.79 Å². The maximum Gasteiger partial charge on any atom is 0.263 e. The fourth-order valence-electron chi connectivity index (χ4n) is 5.90. The molecule has 6 rings (SSSR count). The Morgan fingerprint density at radius 3 is 2.44 bits per heavy atom. The molecule has 0 atom stereocenters. The van der Waals surface area contributed by atoms with Crippen molar-refractivity contribution in [3.63, 3.8) is 0 Å². The van der Waals surface area contributed by atoms with Crippen molar-refractivity contribution in [2.75, 3.05) is 0 Å². The van der Waals surface area contributed by atoms with Gasteiger partial charge in [0.25, 0.3) is 5.91 Å². The highest BCUT2D eigenvalue weighted by atomic mass is 32.2. The van der Waals surface area contributed by atoms with Crippen molar-refractivity contribution >= 4 is 40.3 Å². The Hall–Kier alpha value is -1.57. The van der Waals surface area contributed by atoms with Gasteiger partial charge in [-0.15, -0.1) is 0 Å². The van der Waals surface area contributed by atoms with Crippen LogP contribution in [0, 0.1) is 41.9 Å². The summed E-state index contributed by atoms with van der Waals surface area (Å²) in [6, 6.07) is 6.27. The number of hydrogen-bond donors (Lipinski definition) is 1. The van der Waals surface area contributed by atoms with E-state index >= 15 is 0 Å². The number of aryl methyl sites for hydroxylation is 1. The fourth-order valence-corrected chi connectivity index (χ4v) is 6.94. The third-order valence-corrected chi connectivity index (χ3v) is 7.86. The molecular formula is C23H23NOS2. The molecule has 1 aliphatic heterocycles. The molecule has 5 fully saturated rings. The van der Waals surface area contributed by atoms with E-state index < -0.39 is 0 Å². The van der Waals surface area contributed by atoms with Gasteiger partial charge in [0.2, 0.25) is 0 Å². The maximum absolute atomic E-state index is 11.9. The molecule has 1 N–H and O–H groups in total. The van der Waals surface area contributed by atoms with Crippen molar-refractivity contribution in [3.05, 3.63) is 39.8 Å². The van der Waals surface area contributed by atoms with Crippen LogP contribution >= 0.6 is 24.0 Å². The second-order valence-electron chi connectivity index (χ2n) is 8.87. The van der Waals surface area contributed by atoms with Crippen LogP contribution in [0.2, 0.25) is 0 Å². The highest BCUT2D eigenvalue weighted by molar-refractivity contribution is 8.26. The van der Waals surface area contributed by atoms with E-state index in [0.717, 1.165) is 28.9 Å². The lowest BCUT2D eigenvalue weighted by molar-refractivity contribution is -0.115. The number of thioether (sulfide) groups is 1. The molecule has 4 bridgehead atoms. The highest BCUT2D eigenvalue weighted by Crippen LogP contribution is 2.59. The Balaban J connectivity index is 1.43. The van der Waals surface area contributed by atoms with Crippen LogP contribution in [0.4, 0.5) is 0 Å². The quantitative estimate of drug-likeness (QED) is 0.411. The van der Waals surface area contributed by atoms with Gasteiger partial charge >= 0.3 is 0 Å². The lowest BCUT2D eigenvalue weighted by atomic mass is 9.50. The molecule has 1 amide bonds. The van der Waals surface area contributed by atoms with Gasteiger partial charge in [0.05, 0.1) is 4.91 Å². The lowest BCUT2D eigenvalue weighted by Crippen LogP contribution is -2.45. The molecule has 2 nitrogen and oxygen atoms in total. The zero-order chi connectivity index (χ0) is 18.6. The summed E-state index contributed by atoms with van der Waals surface area (Å²) in [7, 11) is 0. The first kappa shape index (κ1) is 17.5. The first-order chi connectivity index (χ1) is 13.0. The molecule has 27 heavy (non-hydrogen) atoms. The third-order valence-electron chi connectivity index (χ3n) is 6.70. The molecule has 138 valence electrons. The van der Waals surface area contributed by atoms with Crippen molar-refractivity contribution in [1.82, 2.24) is 5.32 Å². The molecule has 4 aliphatic carbocycles. The van der Waals surface area contributed by atoms with Gasteiger partial charge in [-0.05, 0) is 86.5 Å². The minimum atomic E-state index is -0.105. The van der Waals surface area contributed by atoms with E-state index in [0.29, 0.717) is 9.23 Å². The topological polar surface area (TPSA) is 29.1 Å². The third kappa shape index (κ3) is 3.37. The molecule has 4 saturated carbocycles. The average molecular weight is 394 g/mol. The average Bonchev–Trinajstić information content (AvgIpc) is 2.91. The Kier molecular flexibility index (Phi) is 4.22. The van der Waals surface area contributed by atoms with Crippen LogP contribution in [0.3, 0.4) is 0 Å². The molecule has 0 radical (unpaired) electrons. The summed E-state index contributed by atoms with van der Waals surface area (Å²) in [5.41, 5.74) is 3.57. The summed E-state index contributed by atoms with van der Waals surface area (Å²) >= 11 is 6.40. The first-order valence-electron chi connectivity index (χ1n) is 9.87. The van der Waals surface area contributed by atoms with Crippen LogP contribution in [-0.4, -0.2) is 10.2 Å². The van der Waals surface area contributed by atoms with Crippen LogP contribution in [0.25, 0.3) is 6.08 Å². The molecule has 5 aliphatic rings. The van der Waals surface area contributed by atoms with Crippen LogP contribution in [0.1, 0.15) is 55.2 Å². The minimum Gasteiger partial charge on any atom is -0.307 e. The molecule has 1 aromatic rings. The van der Waals surface area contributed by atoms with Gasteiger partial charge in [-0.3, -0.25) is 4.79 Å². The van der Waals surface area contributed by atoms with Gasteiger partial charge in [-0.25, -0.2) is 0 Å². The summed E-state index contributed by atoms with van der Waals surface area (Å²) in [4.78, 5) is 12.6. The lowest BCUT2D eigenvalue weighted by Gasteiger charge is -2.54. The number of amides is 1. The van der Waals surface area contributed by atoms with E-state index in [1.54, 1.807) is 0 Å². The standard InChI is InChI=1S/C23H23NOS2/c1-14-2-3-15(10-20-21(25)24-22(26)27-20)9-19(14)4-5-23-11-16-6-17(12-23)8-18(7-16)13-23/h2-3,9-10,16-18H,6-8,11-13H2,1H3,(H,24,25,26)/b20-10-. The van der Waals surface area contributed by atoms with Crippen molar-refractivity contribution in [1.29, 1.82) is 0 Å². The van der Waals surface area contributed by atoms with E-state index in [1.807, 2.05) is 12.1 Å². The van der Waals surface area contributed by atoms with Gasteiger partial charge < -0.3 is 5.32 Å². The minimum absolute atomic E-state index is 0.105. The highest BCUT2D eigenvalue weighted by Gasteiger charge is 2.50. The monoisotopic (exact) mass is 393 g/mol. The number of thiocarbonyl (C=S) groups is 1. The zero-order valence-corrected chi connectivity index (χ0v) is 17.1. The van der Waals surface area contributed by atoms with E-state index in [2.05, 4.69) is 36.2 Å². The smallest absolute Gasteiger partial charge is 0.263 e. The largest absolute Gasteiger partial charge is 0.307 e. The first-order valence-corrected chi connectivity index (χ1v) is 11.1. The predicted molar refractivity (Wildman–Crippen MR) is 115 cm³/mol. The number of carbonyl (C=O) groups is 1. The van der Waals surface area contributed by atoms with Crippen LogP contribution < -0.4 is 5.32 Å². The summed E-state index contributed by atoms with van der Waals surface area (Å²) in [6.45, 7) is 2.12. The molecule has 4 heteroatoms. The molecule has 0 aromatic heterocycles. The van der Waals surface area contributed by atoms with E-state index in [4.69, 9.17) is 12.2 Å². The molecule has 0 unspecified atom stereocenters. The van der Waals surface area contributed by atoms with E-state index in [-0.39, 0.29) is 11.3 Å². The van der Waals surface area contributed by atoms with Gasteiger partial charge in [-0.1, -0.05) is 48.0 Å². The molecule has 0 spiro atoms. The van der Waals surface area contributed by atoms with Gasteiger partial charge in [0.15, 0.2) is 0 Å². The fraction of sp³-hybridized carbons (Fsp3) is 0.478. The number of carbonyl (C=O) groups excluding carboxylic acids is 1. The van der Waals surface area contributed by atoms with Crippen LogP contribution in [0.15, 0.2) is 23.1 Å². The summed E-state index contributed by atoms with van der Waals surface area (Å²) in [6.07, 6.45) is 10.2. The van der Waals surface area contributed by atoms with E-state index in [1.165, 1.54) is 55.9 Å². The molecule has 1 saturated heterocycles. The van der Waals surface area contributed by atoms with Gasteiger partial charge in [0.1, 0.15) is 4.32 Å². The number of nitrogens with one attached hydrogen (secondary N) is 1. The summed E-state index contributed by atoms with van der Waals surface area (Å²) in [5, 5.41) is 2.67. The Labute approximate surface area is 170 Å². The molecular weight excluding hydrogens is 370 g/mol. The Morgan fingerprint density at radius 1 is 1.19 bits per heavy atom. The van der Waals surface area contributed by atoms with Crippen molar-refractivity contribution in [2.45, 2.75) is 45.4 Å². The summed E-state index contributed by atoms with van der Waals surface area (Å²) in [5.74, 6) is 9.95. The summed E-state index contributed by atoms with van der Waals surface area (Å²) < 4.78 is 0.528. The Morgan fingerprint density at radius 2 is 1.85 bits per heavy atom. The van der Waals surface area contributed by atoms with Crippen molar-refractivity contribution < 1.29 is 4.79 Å². The zero-order valence-electron chi connectivity index (χ0n) is 15.5. The maximum atomic E-state index is 11.9. The Bertz CT molecular complexity index is 898. The second kappa shape index (κ2) is 6.50. The number of hydrogen-bond acceptors (Lipinski definition) is 3. The van der Waals surface area contributed by atoms with Crippen LogP contribution in [0.5, 0.6) is 0 Å². The van der Waals surface area contributed by atoms with Gasteiger partial charge in [0, 0.05) is 11.0 Å². The van der Waals surface area contributed by atoms with Crippen molar-refractivity contribution in [3.8, 4) is 11.8 Å². The molecule has 1 aromatic carbocycles. The SMILES string of the molecule is Cc1ccc(/C=C2\SC(=S)NC2=O)cc1C#CC12CC3CC(CC(C3)C1)C2. The van der Waals surface area contributed by atoms with Crippen molar-refractivity contribution in [2.24, 2.45) is 23.2 Å². The number of rotatable bonds is 1. The van der Waals surface area contributed by atoms with Crippen LogP contribution in [-0.2, 0) is 4.79 Å². The van der Waals surface area contributed by atoms with Gasteiger partial charge in [-0.2, -0.15) is 0 Å². The number of benzene rings is 1. The predicted octanol–water partition coefficient (Wildman–Crippen LogP) is 5.05. The normalized spacial score (nSPS) is 35.3. The molecule has 1 heterocycles.